The van der Waals surface area contributed by atoms with E-state index >= 15 is 0 Å². The lowest BCUT2D eigenvalue weighted by atomic mass is 9.98. The van der Waals surface area contributed by atoms with Crippen molar-refractivity contribution in [1.29, 1.82) is 0 Å². The van der Waals surface area contributed by atoms with Crippen molar-refractivity contribution in [2.75, 3.05) is 0 Å². The summed E-state index contributed by atoms with van der Waals surface area (Å²) in [7, 11) is 0. The second-order valence-electron chi connectivity index (χ2n) is 8.47. The average Bonchev–Trinajstić information content (AvgIpc) is 3.48. The minimum Gasteiger partial charge on any atom is -0.321 e. The van der Waals surface area contributed by atoms with Crippen molar-refractivity contribution >= 4 is 0 Å². The third kappa shape index (κ3) is 4.91. The molecule has 166 valence electrons. The molecule has 1 unspecified atom stereocenters. The summed E-state index contributed by atoms with van der Waals surface area (Å²) in [5.74, 6) is 2.94. The van der Waals surface area contributed by atoms with E-state index in [-0.39, 0.29) is 6.04 Å². The van der Waals surface area contributed by atoms with E-state index in [1.54, 1.807) is 0 Å². The highest BCUT2D eigenvalue weighted by Gasteiger charge is 2.16. The number of aromatic amines is 1. The van der Waals surface area contributed by atoms with Gasteiger partial charge in [-0.25, -0.2) is 9.67 Å². The molecule has 32 heavy (non-hydrogen) atoms. The van der Waals surface area contributed by atoms with E-state index in [4.69, 9.17) is 15.8 Å². The largest absolute Gasteiger partial charge is 0.321 e. The molecule has 0 spiro atoms. The molecule has 4 aromatic rings. The number of benzene rings is 2. The van der Waals surface area contributed by atoms with Gasteiger partial charge < -0.3 is 5.73 Å². The highest BCUT2D eigenvalue weighted by atomic mass is 15.5. The van der Waals surface area contributed by atoms with Gasteiger partial charge in [0.15, 0.2) is 5.82 Å². The van der Waals surface area contributed by atoms with Crippen molar-refractivity contribution in [2.45, 2.75) is 52.6 Å². The fraction of sp³-hybridized carbons (Fsp3) is 0.375. The first-order valence-corrected chi connectivity index (χ1v) is 11.2. The van der Waals surface area contributed by atoms with E-state index in [2.05, 4.69) is 71.7 Å². The third-order valence-corrected chi connectivity index (χ3v) is 5.59. The molecular formula is C24H30N8. The number of nitrogens with one attached hydrogen (secondary N) is 1. The van der Waals surface area contributed by atoms with Crippen LogP contribution in [0.1, 0.15) is 56.9 Å². The molecule has 0 aliphatic heterocycles. The molecule has 0 fully saturated rings. The number of tetrazole rings is 1. The fourth-order valence-corrected chi connectivity index (χ4v) is 3.63. The van der Waals surface area contributed by atoms with Crippen molar-refractivity contribution in [2.24, 2.45) is 11.7 Å². The number of nitrogens with two attached hydrogens (primary N) is 1. The lowest BCUT2D eigenvalue weighted by molar-refractivity contribution is 0.545. The Kier molecular flexibility index (Phi) is 6.70. The normalized spacial score (nSPS) is 12.4. The van der Waals surface area contributed by atoms with Crippen LogP contribution in [0, 0.1) is 5.92 Å². The van der Waals surface area contributed by atoms with Gasteiger partial charge in [0.25, 0.3) is 0 Å². The van der Waals surface area contributed by atoms with Crippen molar-refractivity contribution in [1.82, 2.24) is 35.4 Å². The Labute approximate surface area is 188 Å². The topological polar surface area (TPSA) is 111 Å². The first-order chi connectivity index (χ1) is 15.5. The Balaban J connectivity index is 1.58. The molecule has 2 aromatic carbocycles. The van der Waals surface area contributed by atoms with Gasteiger partial charge in [0.05, 0.1) is 12.6 Å². The summed E-state index contributed by atoms with van der Waals surface area (Å²) in [6.45, 7) is 7.18. The quantitative estimate of drug-likeness (QED) is 0.412. The molecular weight excluding hydrogens is 400 g/mol. The lowest BCUT2D eigenvalue weighted by Gasteiger charge is -2.10. The van der Waals surface area contributed by atoms with Gasteiger partial charge in [0.1, 0.15) is 5.82 Å². The zero-order valence-corrected chi connectivity index (χ0v) is 18.9. The van der Waals surface area contributed by atoms with Gasteiger partial charge in [-0.15, -0.1) is 10.2 Å². The lowest BCUT2D eigenvalue weighted by Crippen LogP contribution is -2.11. The summed E-state index contributed by atoms with van der Waals surface area (Å²) >= 11 is 0. The van der Waals surface area contributed by atoms with Crippen LogP contribution in [0.2, 0.25) is 0 Å². The molecule has 1 atom stereocenters. The second kappa shape index (κ2) is 9.82. The monoisotopic (exact) mass is 430 g/mol. The standard InChI is InChI=1S/C24H30N8/c1-4-21(25)24-26-22(14-9-16(2)3)32(29-24)15-17-10-12-18(13-11-17)19-7-5-6-8-20(19)23-27-30-31-28-23/h5-8,10-13,16,21H,4,9,14-15,25H2,1-3H3,(H,27,28,30,31). The van der Waals surface area contributed by atoms with E-state index in [0.717, 1.165) is 53.2 Å². The predicted molar refractivity (Wildman–Crippen MR) is 125 cm³/mol. The van der Waals surface area contributed by atoms with Gasteiger partial charge in [-0.05, 0) is 40.7 Å². The maximum Gasteiger partial charge on any atom is 0.205 e. The van der Waals surface area contributed by atoms with Crippen molar-refractivity contribution in [3.05, 3.63) is 65.7 Å². The Morgan fingerprint density at radius 1 is 1.03 bits per heavy atom. The summed E-state index contributed by atoms with van der Waals surface area (Å²) in [5.41, 5.74) is 10.5. The van der Waals surface area contributed by atoms with E-state index in [0.29, 0.717) is 18.3 Å². The minimum atomic E-state index is -0.127. The molecule has 4 rings (SSSR count). The van der Waals surface area contributed by atoms with Crippen LogP contribution in [0.25, 0.3) is 22.5 Å². The zero-order valence-electron chi connectivity index (χ0n) is 18.9. The highest BCUT2D eigenvalue weighted by molar-refractivity contribution is 5.80. The number of rotatable bonds is 9. The molecule has 0 aliphatic rings. The van der Waals surface area contributed by atoms with Crippen LogP contribution in [0.4, 0.5) is 0 Å². The maximum absolute atomic E-state index is 6.21. The van der Waals surface area contributed by atoms with E-state index in [1.807, 2.05) is 22.9 Å². The molecule has 0 saturated heterocycles. The number of H-pyrrole nitrogens is 1. The molecule has 0 radical (unpaired) electrons. The SMILES string of the molecule is CCC(N)c1nc(CCC(C)C)n(Cc2ccc(-c3ccccc3-c3nn[nH]n3)cc2)n1. The van der Waals surface area contributed by atoms with Gasteiger partial charge >= 0.3 is 0 Å². The van der Waals surface area contributed by atoms with Crippen LogP contribution >= 0.6 is 0 Å². The zero-order chi connectivity index (χ0) is 22.5. The Morgan fingerprint density at radius 3 is 2.44 bits per heavy atom. The number of nitrogens with zero attached hydrogens (tertiary/aromatic N) is 6. The number of aryl methyl sites for hydroxylation is 1. The molecule has 0 aliphatic carbocycles. The highest BCUT2D eigenvalue weighted by Crippen LogP contribution is 2.29. The maximum atomic E-state index is 6.21. The van der Waals surface area contributed by atoms with Crippen LogP contribution in [-0.4, -0.2) is 35.4 Å². The molecule has 3 N–H and O–H groups in total. The summed E-state index contributed by atoms with van der Waals surface area (Å²) in [4.78, 5) is 4.76. The first-order valence-electron chi connectivity index (χ1n) is 11.2. The third-order valence-electron chi connectivity index (χ3n) is 5.59. The molecule has 8 heteroatoms. The fourth-order valence-electron chi connectivity index (χ4n) is 3.63. The second-order valence-corrected chi connectivity index (χ2v) is 8.47. The van der Waals surface area contributed by atoms with Gasteiger partial charge in [-0.3, -0.25) is 0 Å². The number of hydrogen-bond acceptors (Lipinski definition) is 6. The summed E-state index contributed by atoms with van der Waals surface area (Å²) in [5, 5.41) is 19.2. The number of aromatic nitrogens is 7. The average molecular weight is 431 g/mol. The minimum absolute atomic E-state index is 0.127. The van der Waals surface area contributed by atoms with Crippen LogP contribution in [0.3, 0.4) is 0 Å². The van der Waals surface area contributed by atoms with Gasteiger partial charge in [-0.1, -0.05) is 69.3 Å². The molecule has 2 heterocycles. The summed E-state index contributed by atoms with van der Waals surface area (Å²) in [6, 6.07) is 16.5. The van der Waals surface area contributed by atoms with Gasteiger partial charge in [-0.2, -0.15) is 10.3 Å². The van der Waals surface area contributed by atoms with E-state index in [1.165, 1.54) is 0 Å². The Morgan fingerprint density at radius 2 is 1.78 bits per heavy atom. The Bertz CT molecular complexity index is 1130. The summed E-state index contributed by atoms with van der Waals surface area (Å²) < 4.78 is 2.01. The van der Waals surface area contributed by atoms with E-state index < -0.39 is 0 Å². The van der Waals surface area contributed by atoms with Gasteiger partial charge in [0.2, 0.25) is 5.82 Å². The van der Waals surface area contributed by atoms with Crippen molar-refractivity contribution in [3.63, 3.8) is 0 Å². The molecule has 8 nitrogen and oxygen atoms in total. The predicted octanol–water partition coefficient (Wildman–Crippen LogP) is 4.17. The van der Waals surface area contributed by atoms with Crippen LogP contribution in [0.5, 0.6) is 0 Å². The van der Waals surface area contributed by atoms with Crippen molar-refractivity contribution in [3.8, 4) is 22.5 Å². The first kappa shape index (κ1) is 21.8. The molecule has 0 bridgehead atoms. The van der Waals surface area contributed by atoms with E-state index in [9.17, 15) is 0 Å². The van der Waals surface area contributed by atoms with Crippen LogP contribution < -0.4 is 5.73 Å². The molecule has 0 amide bonds. The summed E-state index contributed by atoms with van der Waals surface area (Å²) in [6.07, 6.45) is 2.80. The van der Waals surface area contributed by atoms with Crippen LogP contribution in [-0.2, 0) is 13.0 Å². The van der Waals surface area contributed by atoms with Crippen LogP contribution in [0.15, 0.2) is 48.5 Å². The molecule has 0 saturated carbocycles. The van der Waals surface area contributed by atoms with Gasteiger partial charge in [0, 0.05) is 12.0 Å². The Hall–Kier alpha value is -3.39. The van der Waals surface area contributed by atoms with Crippen molar-refractivity contribution < 1.29 is 0 Å². The molecule has 2 aromatic heterocycles. The number of hydrogen-bond donors (Lipinski definition) is 2. The smallest absolute Gasteiger partial charge is 0.205 e.